The van der Waals surface area contributed by atoms with E-state index in [0.717, 1.165) is 18.5 Å². The van der Waals surface area contributed by atoms with Gasteiger partial charge >= 0.3 is 0 Å². The van der Waals surface area contributed by atoms with Crippen molar-refractivity contribution in [1.82, 2.24) is 4.31 Å². The topological polar surface area (TPSA) is 66.5 Å². The molecule has 1 heterocycles. The number of rotatable bonds is 6. The Morgan fingerprint density at radius 2 is 2.05 bits per heavy atom. The molecular formula is C15H22N2O3S. The van der Waals surface area contributed by atoms with E-state index in [1.54, 1.807) is 0 Å². The average molecular weight is 310 g/mol. The Hall–Kier alpha value is -1.40. The molecule has 1 N–H and O–H groups in total. The molecule has 0 radical (unpaired) electrons. The SMILES string of the molecule is CS(=O)(=O)N1CCCC(CC(=O)CNc2ccccc2)C1. The number of piperidine rings is 1. The van der Waals surface area contributed by atoms with E-state index in [0.29, 0.717) is 26.1 Å². The van der Waals surface area contributed by atoms with Crippen LogP contribution in [0.1, 0.15) is 19.3 Å². The standard InChI is InChI=1S/C15H22N2O3S/c1-21(19,20)17-9-5-6-13(12-17)10-15(18)11-16-14-7-3-2-4-8-14/h2-4,7-8,13,16H,5-6,9-12H2,1H3. The minimum Gasteiger partial charge on any atom is -0.378 e. The minimum atomic E-state index is -3.14. The summed E-state index contributed by atoms with van der Waals surface area (Å²) in [4.78, 5) is 12.0. The number of carbonyl (C=O) groups is 1. The van der Waals surface area contributed by atoms with E-state index in [1.807, 2.05) is 30.3 Å². The molecule has 2 rings (SSSR count). The molecule has 1 unspecified atom stereocenters. The highest BCUT2D eigenvalue weighted by atomic mass is 32.2. The predicted molar refractivity (Wildman–Crippen MR) is 83.7 cm³/mol. The zero-order chi connectivity index (χ0) is 15.3. The number of nitrogens with zero attached hydrogens (tertiary/aromatic N) is 1. The Labute approximate surface area is 126 Å². The van der Waals surface area contributed by atoms with Crippen LogP contribution in [0.3, 0.4) is 0 Å². The Morgan fingerprint density at radius 3 is 2.71 bits per heavy atom. The van der Waals surface area contributed by atoms with Gasteiger partial charge in [-0.2, -0.15) is 0 Å². The van der Waals surface area contributed by atoms with Gasteiger partial charge in [-0.25, -0.2) is 12.7 Å². The van der Waals surface area contributed by atoms with E-state index in [-0.39, 0.29) is 11.7 Å². The van der Waals surface area contributed by atoms with E-state index in [1.165, 1.54) is 10.6 Å². The summed E-state index contributed by atoms with van der Waals surface area (Å²) >= 11 is 0. The number of nitrogens with one attached hydrogen (secondary N) is 1. The maximum atomic E-state index is 12.0. The Bertz CT molecular complexity index is 572. The molecule has 6 heteroatoms. The van der Waals surface area contributed by atoms with Crippen LogP contribution in [0.25, 0.3) is 0 Å². The van der Waals surface area contributed by atoms with Crippen molar-refractivity contribution in [3.63, 3.8) is 0 Å². The van der Waals surface area contributed by atoms with E-state index in [9.17, 15) is 13.2 Å². The molecule has 116 valence electrons. The number of hydrogen-bond donors (Lipinski definition) is 1. The van der Waals surface area contributed by atoms with E-state index in [4.69, 9.17) is 0 Å². The summed E-state index contributed by atoms with van der Waals surface area (Å²) in [7, 11) is -3.14. The van der Waals surface area contributed by atoms with Crippen LogP contribution in [-0.2, 0) is 14.8 Å². The minimum absolute atomic E-state index is 0.124. The zero-order valence-electron chi connectivity index (χ0n) is 12.3. The van der Waals surface area contributed by atoms with Gasteiger partial charge < -0.3 is 5.32 Å². The van der Waals surface area contributed by atoms with Gasteiger partial charge in [-0.15, -0.1) is 0 Å². The van der Waals surface area contributed by atoms with E-state index < -0.39 is 10.0 Å². The Kier molecular flexibility index (Phi) is 5.36. The first-order valence-electron chi connectivity index (χ1n) is 7.21. The summed E-state index contributed by atoms with van der Waals surface area (Å²) in [6.07, 6.45) is 3.42. The van der Waals surface area contributed by atoms with Gasteiger partial charge in [0.25, 0.3) is 0 Å². The fourth-order valence-electron chi connectivity index (χ4n) is 2.65. The fourth-order valence-corrected chi connectivity index (χ4v) is 3.59. The van der Waals surface area contributed by atoms with Crippen molar-refractivity contribution in [1.29, 1.82) is 0 Å². The summed E-state index contributed by atoms with van der Waals surface area (Å²) in [5, 5.41) is 3.09. The van der Waals surface area contributed by atoms with Crippen LogP contribution in [0, 0.1) is 5.92 Å². The summed E-state index contributed by atoms with van der Waals surface area (Å²) in [5.74, 6) is 0.262. The summed E-state index contributed by atoms with van der Waals surface area (Å²) in [6.45, 7) is 1.33. The number of hydrogen-bond acceptors (Lipinski definition) is 4. The van der Waals surface area contributed by atoms with Crippen LogP contribution in [0.5, 0.6) is 0 Å². The van der Waals surface area contributed by atoms with Crippen LogP contribution in [0.15, 0.2) is 30.3 Å². The molecule has 0 spiro atoms. The molecule has 0 amide bonds. The third kappa shape index (κ3) is 5.13. The van der Waals surface area contributed by atoms with Gasteiger partial charge in [-0.1, -0.05) is 18.2 Å². The highest BCUT2D eigenvalue weighted by Gasteiger charge is 2.26. The quantitative estimate of drug-likeness (QED) is 0.869. The second-order valence-electron chi connectivity index (χ2n) is 5.59. The van der Waals surface area contributed by atoms with Gasteiger partial charge in [0, 0.05) is 25.2 Å². The molecule has 0 bridgehead atoms. The molecule has 5 nitrogen and oxygen atoms in total. The van der Waals surface area contributed by atoms with Gasteiger partial charge in [-0.3, -0.25) is 4.79 Å². The molecule has 1 aliphatic rings. The lowest BCUT2D eigenvalue weighted by Gasteiger charge is -2.30. The molecule has 1 fully saturated rings. The monoisotopic (exact) mass is 310 g/mol. The van der Waals surface area contributed by atoms with Crippen LogP contribution in [-0.4, -0.2) is 44.4 Å². The Balaban J connectivity index is 1.80. The highest BCUT2D eigenvalue weighted by molar-refractivity contribution is 7.88. The van der Waals surface area contributed by atoms with Gasteiger partial charge in [0.05, 0.1) is 12.8 Å². The predicted octanol–water partition coefficient (Wildman–Crippen LogP) is 1.73. The average Bonchev–Trinajstić information content (AvgIpc) is 2.46. The zero-order valence-corrected chi connectivity index (χ0v) is 13.1. The smallest absolute Gasteiger partial charge is 0.211 e. The molecule has 1 aliphatic heterocycles. The maximum absolute atomic E-state index is 12.0. The van der Waals surface area contributed by atoms with E-state index in [2.05, 4.69) is 5.32 Å². The molecule has 1 aromatic carbocycles. The van der Waals surface area contributed by atoms with Crippen molar-refractivity contribution in [2.75, 3.05) is 31.2 Å². The molecule has 21 heavy (non-hydrogen) atoms. The van der Waals surface area contributed by atoms with Gasteiger partial charge in [0.2, 0.25) is 10.0 Å². The summed E-state index contributed by atoms with van der Waals surface area (Å²) in [5.41, 5.74) is 0.923. The van der Waals surface area contributed by atoms with Crippen LogP contribution < -0.4 is 5.32 Å². The summed E-state index contributed by atoms with van der Waals surface area (Å²) < 4.78 is 24.6. The number of benzene rings is 1. The van der Waals surface area contributed by atoms with Crippen molar-refractivity contribution < 1.29 is 13.2 Å². The lowest BCUT2D eigenvalue weighted by molar-refractivity contribution is -0.118. The van der Waals surface area contributed by atoms with Gasteiger partial charge in [-0.05, 0) is 30.9 Å². The molecule has 1 atom stereocenters. The molecular weight excluding hydrogens is 288 g/mol. The number of sulfonamides is 1. The van der Waals surface area contributed by atoms with Gasteiger partial charge in [0.15, 0.2) is 5.78 Å². The second-order valence-corrected chi connectivity index (χ2v) is 7.57. The maximum Gasteiger partial charge on any atom is 0.211 e. The number of Topliss-reactive ketones (excluding diaryl/α,β-unsaturated/α-hetero) is 1. The molecule has 1 aromatic rings. The Morgan fingerprint density at radius 1 is 1.33 bits per heavy atom. The third-order valence-electron chi connectivity index (χ3n) is 3.73. The van der Waals surface area contributed by atoms with Crippen molar-refractivity contribution in [2.45, 2.75) is 19.3 Å². The lowest BCUT2D eigenvalue weighted by atomic mass is 9.94. The molecule has 0 aromatic heterocycles. The first kappa shape index (κ1) is 16.0. The highest BCUT2D eigenvalue weighted by Crippen LogP contribution is 2.21. The van der Waals surface area contributed by atoms with Crippen LogP contribution in [0.2, 0.25) is 0 Å². The fraction of sp³-hybridized carbons (Fsp3) is 0.533. The van der Waals surface area contributed by atoms with Crippen molar-refractivity contribution in [2.24, 2.45) is 5.92 Å². The normalized spacial score (nSPS) is 20.1. The first-order valence-corrected chi connectivity index (χ1v) is 9.06. The van der Waals surface area contributed by atoms with Crippen molar-refractivity contribution in [3.8, 4) is 0 Å². The summed E-state index contributed by atoms with van der Waals surface area (Å²) in [6, 6.07) is 9.59. The third-order valence-corrected chi connectivity index (χ3v) is 5.00. The molecule has 1 saturated heterocycles. The number of carbonyl (C=O) groups excluding carboxylic acids is 1. The molecule has 0 saturated carbocycles. The number of anilines is 1. The molecule has 0 aliphatic carbocycles. The second kappa shape index (κ2) is 7.04. The number of para-hydroxylation sites is 1. The van der Waals surface area contributed by atoms with Crippen LogP contribution >= 0.6 is 0 Å². The van der Waals surface area contributed by atoms with Gasteiger partial charge in [0.1, 0.15) is 0 Å². The van der Waals surface area contributed by atoms with Crippen molar-refractivity contribution in [3.05, 3.63) is 30.3 Å². The van der Waals surface area contributed by atoms with E-state index >= 15 is 0 Å². The number of ketones is 1. The first-order chi connectivity index (χ1) is 9.95. The lowest BCUT2D eigenvalue weighted by Crippen LogP contribution is -2.40. The van der Waals surface area contributed by atoms with Crippen molar-refractivity contribution >= 4 is 21.5 Å². The van der Waals surface area contributed by atoms with Crippen LogP contribution in [0.4, 0.5) is 5.69 Å². The largest absolute Gasteiger partial charge is 0.378 e.